The van der Waals surface area contributed by atoms with E-state index in [1.54, 1.807) is 14.1 Å². The molecule has 6 heteroatoms. The van der Waals surface area contributed by atoms with E-state index >= 15 is 0 Å². The van der Waals surface area contributed by atoms with Crippen molar-refractivity contribution in [2.45, 2.75) is 155 Å². The maximum Gasteiger partial charge on any atom is 0.221 e. The van der Waals surface area contributed by atoms with Crippen LogP contribution in [0.4, 0.5) is 0 Å². The van der Waals surface area contributed by atoms with Crippen LogP contribution in [0.25, 0.3) is 0 Å². The number of likely N-dealkylation sites (N-methyl/N-ethyl adjacent to an activating group) is 1. The number of hydrogen-bond donors (Lipinski definition) is 3. The van der Waals surface area contributed by atoms with E-state index in [0.29, 0.717) is 19.3 Å². The third-order valence-corrected chi connectivity index (χ3v) is 7.25. The molecule has 6 nitrogen and oxygen atoms in total. The smallest absolute Gasteiger partial charge is 0.221 e. The van der Waals surface area contributed by atoms with Gasteiger partial charge in [0, 0.05) is 19.3 Å². The van der Waals surface area contributed by atoms with Crippen molar-refractivity contribution in [2.24, 2.45) is 0 Å². The lowest BCUT2D eigenvalue weighted by Gasteiger charge is -2.45. The lowest BCUT2D eigenvalue weighted by Crippen LogP contribution is -2.71. The van der Waals surface area contributed by atoms with Crippen molar-refractivity contribution < 1.29 is 19.4 Å². The van der Waals surface area contributed by atoms with E-state index in [2.05, 4.69) is 31.4 Å². The van der Waals surface area contributed by atoms with E-state index in [0.717, 1.165) is 32.1 Å². The SMILES string of the molecule is CCCCCCCCCC(=O)NC(NC(=O)CCCCCCCCC)C(C)(CCC)[N+](C)(C)O. The number of quaternary nitrogens is 1. The fraction of sp³-hybridized carbons (Fsp3) is 0.929. The Hall–Kier alpha value is -1.14. The summed E-state index contributed by atoms with van der Waals surface area (Å²) >= 11 is 0. The number of amides is 2. The average molecular weight is 485 g/mol. The zero-order valence-electron chi connectivity index (χ0n) is 23.5. The minimum atomic E-state index is -0.722. The summed E-state index contributed by atoms with van der Waals surface area (Å²) in [6, 6.07) is 0. The maximum absolute atomic E-state index is 12.8. The van der Waals surface area contributed by atoms with Crippen LogP contribution in [0.1, 0.15) is 143 Å². The van der Waals surface area contributed by atoms with Gasteiger partial charge >= 0.3 is 0 Å². The van der Waals surface area contributed by atoms with E-state index in [-0.39, 0.29) is 16.5 Å². The fourth-order valence-corrected chi connectivity index (χ4v) is 4.54. The highest BCUT2D eigenvalue weighted by molar-refractivity contribution is 5.79. The molecule has 0 aromatic rings. The Balaban J connectivity index is 4.84. The Labute approximate surface area is 211 Å². The zero-order valence-corrected chi connectivity index (χ0v) is 23.5. The van der Waals surface area contributed by atoms with Gasteiger partial charge in [0.15, 0.2) is 11.7 Å². The van der Waals surface area contributed by atoms with Gasteiger partial charge in [-0.2, -0.15) is 4.65 Å². The average Bonchev–Trinajstić information content (AvgIpc) is 2.76. The molecule has 1 atom stereocenters. The van der Waals surface area contributed by atoms with E-state index in [1.807, 2.05) is 6.92 Å². The first kappa shape index (κ1) is 32.9. The number of carbonyl (C=O) groups is 2. The third-order valence-electron chi connectivity index (χ3n) is 7.25. The molecule has 1 unspecified atom stereocenters. The van der Waals surface area contributed by atoms with E-state index in [9.17, 15) is 14.8 Å². The summed E-state index contributed by atoms with van der Waals surface area (Å²) in [4.78, 5) is 25.6. The number of rotatable bonds is 22. The van der Waals surface area contributed by atoms with Crippen molar-refractivity contribution in [3.63, 3.8) is 0 Å². The molecule has 0 aliphatic rings. The second-order valence-corrected chi connectivity index (χ2v) is 10.8. The molecule has 0 aliphatic heterocycles. The number of nitrogens with one attached hydrogen (secondary N) is 2. The van der Waals surface area contributed by atoms with E-state index < -0.39 is 11.7 Å². The van der Waals surface area contributed by atoms with Gasteiger partial charge < -0.3 is 10.6 Å². The minimum absolute atomic E-state index is 0.0504. The molecular weight excluding hydrogens is 426 g/mol. The number of hydrogen-bond acceptors (Lipinski definition) is 3. The molecule has 0 heterocycles. The van der Waals surface area contributed by atoms with Crippen LogP contribution in [0.15, 0.2) is 0 Å². The second-order valence-electron chi connectivity index (χ2n) is 10.8. The molecular formula is C28H58N3O3+. The van der Waals surface area contributed by atoms with Crippen molar-refractivity contribution in [3.05, 3.63) is 0 Å². The normalized spacial score (nSPS) is 13.6. The first-order valence-corrected chi connectivity index (χ1v) is 14.3. The molecule has 202 valence electrons. The summed E-state index contributed by atoms with van der Waals surface area (Å²) in [5, 5.41) is 17.1. The molecule has 0 fully saturated rings. The van der Waals surface area contributed by atoms with Crippen molar-refractivity contribution in [3.8, 4) is 0 Å². The van der Waals surface area contributed by atoms with Crippen LogP contribution < -0.4 is 10.6 Å². The van der Waals surface area contributed by atoms with Gasteiger partial charge in [-0.15, -0.1) is 0 Å². The lowest BCUT2D eigenvalue weighted by atomic mass is 9.89. The van der Waals surface area contributed by atoms with Crippen LogP contribution in [0.2, 0.25) is 0 Å². The second kappa shape index (κ2) is 19.1. The molecule has 0 saturated carbocycles. The monoisotopic (exact) mass is 484 g/mol. The maximum atomic E-state index is 12.8. The third kappa shape index (κ3) is 14.3. The molecule has 0 rings (SSSR count). The standard InChI is InChI=1S/C28H57N3O3/c1-7-10-12-14-16-18-20-22-25(32)29-27(28(4,24-9-3)31(5,6)34)30-26(33)23-21-19-17-15-13-11-8-2/h27,34H,7-24H2,1-6H3,(H-,29,30,32,33)/p+1. The lowest BCUT2D eigenvalue weighted by molar-refractivity contribution is -1.11. The molecule has 0 aliphatic carbocycles. The minimum Gasteiger partial charge on any atom is -0.331 e. The number of hydroxylamine groups is 3. The zero-order chi connectivity index (χ0) is 25.9. The molecule has 0 bridgehead atoms. The van der Waals surface area contributed by atoms with Crippen LogP contribution in [-0.4, -0.2) is 47.5 Å². The predicted molar refractivity (Wildman–Crippen MR) is 143 cm³/mol. The quantitative estimate of drug-likeness (QED) is 0.0680. The number of nitrogens with zero attached hydrogens (tertiary/aromatic N) is 1. The van der Waals surface area contributed by atoms with Crippen LogP contribution in [-0.2, 0) is 9.59 Å². The Bertz CT molecular complexity index is 501. The summed E-state index contributed by atoms with van der Waals surface area (Å²) in [6.45, 7) is 8.44. The first-order valence-electron chi connectivity index (χ1n) is 14.3. The van der Waals surface area contributed by atoms with Gasteiger partial charge in [-0.05, 0) is 26.2 Å². The summed E-state index contributed by atoms with van der Waals surface area (Å²) in [5.74, 6) is -0.101. The van der Waals surface area contributed by atoms with Crippen molar-refractivity contribution in [1.82, 2.24) is 10.6 Å². The molecule has 0 radical (unpaired) electrons. The van der Waals surface area contributed by atoms with Gasteiger partial charge in [-0.25, -0.2) is 5.21 Å². The molecule has 0 saturated heterocycles. The summed E-state index contributed by atoms with van der Waals surface area (Å²) in [5.41, 5.74) is -0.722. The van der Waals surface area contributed by atoms with E-state index in [4.69, 9.17) is 0 Å². The topological polar surface area (TPSA) is 78.4 Å². The number of carbonyl (C=O) groups excluding carboxylic acids is 2. The molecule has 34 heavy (non-hydrogen) atoms. The molecule has 0 aromatic heterocycles. The summed E-state index contributed by atoms with van der Waals surface area (Å²) < 4.78 is -0.319. The van der Waals surface area contributed by atoms with E-state index in [1.165, 1.54) is 64.2 Å². The van der Waals surface area contributed by atoms with Crippen LogP contribution in [0.5, 0.6) is 0 Å². The van der Waals surface area contributed by atoms with Gasteiger partial charge in [0.05, 0.1) is 14.1 Å². The van der Waals surface area contributed by atoms with Crippen LogP contribution >= 0.6 is 0 Å². The van der Waals surface area contributed by atoms with Gasteiger partial charge in [0.1, 0.15) is 0 Å². The molecule has 2 amide bonds. The predicted octanol–water partition coefficient (Wildman–Crippen LogP) is 6.85. The highest BCUT2D eigenvalue weighted by Crippen LogP contribution is 2.27. The van der Waals surface area contributed by atoms with Crippen molar-refractivity contribution in [1.29, 1.82) is 0 Å². The Morgan fingerprint density at radius 2 is 1.03 bits per heavy atom. The van der Waals surface area contributed by atoms with Crippen molar-refractivity contribution >= 4 is 11.8 Å². The van der Waals surface area contributed by atoms with Gasteiger partial charge in [-0.1, -0.05) is 97.8 Å². The van der Waals surface area contributed by atoms with Crippen LogP contribution in [0, 0.1) is 0 Å². The van der Waals surface area contributed by atoms with Crippen molar-refractivity contribution in [2.75, 3.05) is 14.1 Å². The van der Waals surface area contributed by atoms with Crippen LogP contribution in [0.3, 0.4) is 0 Å². The summed E-state index contributed by atoms with van der Waals surface area (Å²) in [6.07, 6.45) is 18.1. The Kier molecular flexibility index (Phi) is 18.5. The Morgan fingerprint density at radius 3 is 1.35 bits per heavy atom. The summed E-state index contributed by atoms with van der Waals surface area (Å²) in [7, 11) is 3.43. The fourth-order valence-electron chi connectivity index (χ4n) is 4.54. The molecule has 3 N–H and O–H groups in total. The van der Waals surface area contributed by atoms with Gasteiger partial charge in [0.2, 0.25) is 11.8 Å². The Morgan fingerprint density at radius 1 is 0.676 bits per heavy atom. The largest absolute Gasteiger partial charge is 0.331 e. The molecule has 0 aromatic carbocycles. The first-order chi connectivity index (χ1) is 16.1. The van der Waals surface area contributed by atoms with Gasteiger partial charge in [-0.3, -0.25) is 9.59 Å². The molecule has 0 spiro atoms. The highest BCUT2D eigenvalue weighted by atomic mass is 16.5. The van der Waals surface area contributed by atoms with Gasteiger partial charge in [0.25, 0.3) is 0 Å². The number of unbranched alkanes of at least 4 members (excludes halogenated alkanes) is 12. The highest BCUT2D eigenvalue weighted by Gasteiger charge is 2.49.